The standard InChI is InChI=1S/C15H17NO5S/c1-2-9-6-10-13(22-9)11(15(19)20)12(17)14(18)16(10)7-8-4-3-5-21-8/h6,8,17H,2-5,7H2,1H3,(H,19,20). The number of rotatable bonds is 4. The molecule has 22 heavy (non-hydrogen) atoms. The molecule has 6 nitrogen and oxygen atoms in total. The van der Waals surface area contributed by atoms with E-state index in [1.54, 1.807) is 0 Å². The molecular formula is C15H17NO5S. The third-order valence-corrected chi connectivity index (χ3v) is 5.22. The van der Waals surface area contributed by atoms with Gasteiger partial charge in [-0.25, -0.2) is 4.79 Å². The number of thiophene rings is 1. The monoisotopic (exact) mass is 323 g/mol. The van der Waals surface area contributed by atoms with Gasteiger partial charge in [0, 0.05) is 11.5 Å². The Hall–Kier alpha value is -1.86. The number of ether oxygens (including phenoxy) is 1. The lowest BCUT2D eigenvalue weighted by atomic mass is 10.2. The number of carbonyl (C=O) groups is 1. The first-order valence-corrected chi connectivity index (χ1v) is 8.07. The van der Waals surface area contributed by atoms with E-state index in [1.165, 1.54) is 15.9 Å². The number of hydrogen-bond donors (Lipinski definition) is 2. The summed E-state index contributed by atoms with van der Waals surface area (Å²) < 4.78 is 7.45. The highest BCUT2D eigenvalue weighted by molar-refractivity contribution is 7.19. The Bertz CT molecular complexity index is 785. The number of pyridine rings is 1. The summed E-state index contributed by atoms with van der Waals surface area (Å²) in [6, 6.07) is 1.84. The fraction of sp³-hybridized carbons (Fsp3) is 0.467. The lowest BCUT2D eigenvalue weighted by Crippen LogP contribution is -2.27. The maximum Gasteiger partial charge on any atom is 0.341 e. The molecule has 0 saturated carbocycles. The van der Waals surface area contributed by atoms with E-state index in [9.17, 15) is 19.8 Å². The van der Waals surface area contributed by atoms with Crippen LogP contribution in [0.5, 0.6) is 5.75 Å². The zero-order valence-electron chi connectivity index (χ0n) is 12.2. The van der Waals surface area contributed by atoms with Crippen LogP contribution in [0.15, 0.2) is 10.9 Å². The van der Waals surface area contributed by atoms with Gasteiger partial charge in [0.1, 0.15) is 5.56 Å². The molecule has 1 aliphatic rings. The summed E-state index contributed by atoms with van der Waals surface area (Å²) in [6.07, 6.45) is 2.49. The lowest BCUT2D eigenvalue weighted by Gasteiger charge is -2.14. The van der Waals surface area contributed by atoms with Crippen LogP contribution in [0, 0.1) is 0 Å². The Kier molecular flexibility index (Phi) is 3.92. The molecule has 118 valence electrons. The summed E-state index contributed by atoms with van der Waals surface area (Å²) in [5.41, 5.74) is -0.397. The van der Waals surface area contributed by atoms with Crippen LogP contribution in [-0.4, -0.2) is 33.5 Å². The van der Waals surface area contributed by atoms with Crippen LogP contribution in [0.4, 0.5) is 0 Å². The van der Waals surface area contributed by atoms with Gasteiger partial charge in [0.15, 0.2) is 5.75 Å². The maximum atomic E-state index is 12.4. The van der Waals surface area contributed by atoms with E-state index >= 15 is 0 Å². The number of fused-ring (bicyclic) bond motifs is 1. The number of aromatic nitrogens is 1. The first-order valence-electron chi connectivity index (χ1n) is 7.26. The molecule has 0 aliphatic carbocycles. The van der Waals surface area contributed by atoms with Crippen molar-refractivity contribution in [1.82, 2.24) is 4.57 Å². The van der Waals surface area contributed by atoms with Gasteiger partial charge in [-0.3, -0.25) is 4.79 Å². The minimum Gasteiger partial charge on any atom is -0.502 e. The Morgan fingerprint density at radius 2 is 2.32 bits per heavy atom. The van der Waals surface area contributed by atoms with Gasteiger partial charge < -0.3 is 19.5 Å². The average molecular weight is 323 g/mol. The summed E-state index contributed by atoms with van der Waals surface area (Å²) in [5, 5.41) is 19.4. The van der Waals surface area contributed by atoms with Crippen LogP contribution in [-0.2, 0) is 17.7 Å². The number of hydrogen-bond acceptors (Lipinski definition) is 5. The molecule has 3 heterocycles. The van der Waals surface area contributed by atoms with Crippen molar-refractivity contribution in [3.8, 4) is 5.75 Å². The average Bonchev–Trinajstić information content (AvgIpc) is 3.12. The van der Waals surface area contributed by atoms with Crippen LogP contribution in [0.25, 0.3) is 10.2 Å². The van der Waals surface area contributed by atoms with E-state index in [0.29, 0.717) is 23.4 Å². The molecule has 3 rings (SSSR count). The Balaban J connectivity index is 2.24. The summed E-state index contributed by atoms with van der Waals surface area (Å²) in [4.78, 5) is 24.8. The molecule has 2 aromatic heterocycles. The molecule has 0 amide bonds. The highest BCUT2D eigenvalue weighted by atomic mass is 32.1. The fourth-order valence-electron chi connectivity index (χ4n) is 2.81. The molecule has 1 fully saturated rings. The second-order valence-electron chi connectivity index (χ2n) is 5.36. The SMILES string of the molecule is CCc1cc2c(s1)c(C(=O)O)c(O)c(=O)n2CC1CCCO1. The molecule has 0 spiro atoms. The molecule has 1 atom stereocenters. The van der Waals surface area contributed by atoms with Crippen LogP contribution < -0.4 is 5.56 Å². The molecule has 1 aliphatic heterocycles. The van der Waals surface area contributed by atoms with Crippen molar-refractivity contribution < 1.29 is 19.7 Å². The van der Waals surface area contributed by atoms with Gasteiger partial charge in [0.2, 0.25) is 0 Å². The van der Waals surface area contributed by atoms with Gasteiger partial charge in [0.25, 0.3) is 5.56 Å². The van der Waals surface area contributed by atoms with Gasteiger partial charge in [-0.05, 0) is 25.3 Å². The van der Waals surface area contributed by atoms with Crippen LogP contribution in [0.3, 0.4) is 0 Å². The zero-order valence-corrected chi connectivity index (χ0v) is 13.0. The normalized spacial score (nSPS) is 18.1. The largest absolute Gasteiger partial charge is 0.502 e. The first kappa shape index (κ1) is 15.1. The Labute approximate surface area is 130 Å². The van der Waals surface area contributed by atoms with Crippen molar-refractivity contribution in [3.05, 3.63) is 26.9 Å². The molecular weight excluding hydrogens is 306 g/mol. The number of aromatic carboxylic acids is 1. The first-order chi connectivity index (χ1) is 10.5. The lowest BCUT2D eigenvalue weighted by molar-refractivity contribution is 0.0695. The minimum absolute atomic E-state index is 0.0686. The van der Waals surface area contributed by atoms with Gasteiger partial charge in [-0.15, -0.1) is 11.3 Å². The Morgan fingerprint density at radius 3 is 2.91 bits per heavy atom. The third-order valence-electron chi connectivity index (χ3n) is 3.94. The van der Waals surface area contributed by atoms with Crippen molar-refractivity contribution in [2.24, 2.45) is 0 Å². The van der Waals surface area contributed by atoms with Crippen LogP contribution in [0.1, 0.15) is 35.0 Å². The van der Waals surface area contributed by atoms with E-state index in [2.05, 4.69) is 0 Å². The molecule has 0 radical (unpaired) electrons. The molecule has 0 aromatic carbocycles. The number of carboxylic acid groups (broad SMARTS) is 1. The number of aromatic hydroxyl groups is 1. The van der Waals surface area contributed by atoms with Crippen molar-refractivity contribution in [3.63, 3.8) is 0 Å². The number of carboxylic acids is 1. The molecule has 7 heteroatoms. The van der Waals surface area contributed by atoms with E-state index in [4.69, 9.17) is 4.74 Å². The predicted octanol–water partition coefficient (Wildman–Crippen LogP) is 2.21. The summed E-state index contributed by atoms with van der Waals surface area (Å²) in [5.74, 6) is -1.98. The topological polar surface area (TPSA) is 88.8 Å². The van der Waals surface area contributed by atoms with Gasteiger partial charge >= 0.3 is 5.97 Å². The van der Waals surface area contributed by atoms with Crippen molar-refractivity contribution in [2.45, 2.75) is 38.8 Å². The zero-order chi connectivity index (χ0) is 15.9. The molecule has 1 unspecified atom stereocenters. The van der Waals surface area contributed by atoms with Gasteiger partial charge in [-0.2, -0.15) is 0 Å². The smallest absolute Gasteiger partial charge is 0.341 e. The summed E-state index contributed by atoms with van der Waals surface area (Å²) >= 11 is 1.31. The quantitative estimate of drug-likeness (QED) is 0.900. The minimum atomic E-state index is -1.28. The molecule has 2 aromatic rings. The highest BCUT2D eigenvalue weighted by Gasteiger charge is 2.25. The van der Waals surface area contributed by atoms with Crippen molar-refractivity contribution >= 4 is 27.5 Å². The van der Waals surface area contributed by atoms with E-state index < -0.39 is 17.3 Å². The number of nitrogens with zero attached hydrogens (tertiary/aromatic N) is 1. The second-order valence-corrected chi connectivity index (χ2v) is 6.50. The van der Waals surface area contributed by atoms with Crippen LogP contribution in [0.2, 0.25) is 0 Å². The molecule has 1 saturated heterocycles. The fourth-order valence-corrected chi connectivity index (χ4v) is 3.94. The maximum absolute atomic E-state index is 12.4. The number of aryl methyl sites for hydroxylation is 1. The van der Waals surface area contributed by atoms with Crippen molar-refractivity contribution in [1.29, 1.82) is 0 Å². The highest BCUT2D eigenvalue weighted by Crippen LogP contribution is 2.32. The van der Waals surface area contributed by atoms with E-state index in [0.717, 1.165) is 24.1 Å². The second kappa shape index (κ2) is 5.73. The molecule has 0 bridgehead atoms. The van der Waals surface area contributed by atoms with Crippen LogP contribution >= 0.6 is 11.3 Å². The van der Waals surface area contributed by atoms with E-state index in [1.807, 2.05) is 13.0 Å². The molecule has 2 N–H and O–H groups in total. The van der Waals surface area contributed by atoms with E-state index in [-0.39, 0.29) is 11.7 Å². The Morgan fingerprint density at radius 1 is 1.55 bits per heavy atom. The summed E-state index contributed by atoms with van der Waals surface area (Å²) in [7, 11) is 0. The van der Waals surface area contributed by atoms with Gasteiger partial charge in [0.05, 0.1) is 22.9 Å². The summed E-state index contributed by atoms with van der Waals surface area (Å²) in [6.45, 7) is 2.97. The predicted molar refractivity (Wildman–Crippen MR) is 83.1 cm³/mol. The van der Waals surface area contributed by atoms with Gasteiger partial charge in [-0.1, -0.05) is 6.92 Å². The third kappa shape index (κ3) is 2.40. The van der Waals surface area contributed by atoms with Crippen molar-refractivity contribution in [2.75, 3.05) is 6.61 Å².